The summed E-state index contributed by atoms with van der Waals surface area (Å²) in [5.74, 6) is 0. The van der Waals surface area contributed by atoms with Crippen LogP contribution in [0, 0.1) is 0 Å². The van der Waals surface area contributed by atoms with E-state index >= 15 is 0 Å². The minimum atomic E-state index is -0.0759. The second-order valence-electron chi connectivity index (χ2n) is 20.2. The van der Waals surface area contributed by atoms with Crippen molar-refractivity contribution < 1.29 is 0 Å². The first-order valence-corrected chi connectivity index (χ1v) is 25.1. The number of nitrogens with zero attached hydrogens (tertiary/aromatic N) is 2. The van der Waals surface area contributed by atoms with Gasteiger partial charge in [-0.25, -0.2) is 4.98 Å². The Labute approximate surface area is 417 Å². The van der Waals surface area contributed by atoms with Crippen LogP contribution in [-0.4, -0.2) is 9.55 Å². The molecule has 72 heavy (non-hydrogen) atoms. The molecule has 12 aromatic carbocycles. The Balaban J connectivity index is 1.02. The first-order chi connectivity index (χ1) is 35.4. The molecule has 0 N–H and O–H groups in total. The molecule has 2 aromatic heterocycles. The van der Waals surface area contributed by atoms with E-state index in [-0.39, 0.29) is 5.41 Å². The predicted molar refractivity (Wildman–Crippen MR) is 305 cm³/mol. The lowest BCUT2D eigenvalue weighted by molar-refractivity contribution is 0.660. The molecule has 2 heterocycles. The monoisotopic (exact) mass is 914 g/mol. The normalized spacial score (nSPS) is 13.0. The minimum absolute atomic E-state index is 0.0759. The van der Waals surface area contributed by atoms with Gasteiger partial charge >= 0.3 is 0 Å². The van der Waals surface area contributed by atoms with E-state index in [1.165, 1.54) is 109 Å². The van der Waals surface area contributed by atoms with Gasteiger partial charge in [0.15, 0.2) is 0 Å². The van der Waals surface area contributed by atoms with Crippen LogP contribution in [0.25, 0.3) is 137 Å². The Hall–Kier alpha value is -9.11. The fraction of sp³-hybridized carbons (Fsp3) is 0.0429. The largest absolute Gasteiger partial charge is 0.309 e. The summed E-state index contributed by atoms with van der Waals surface area (Å²) in [7, 11) is 0. The average Bonchev–Trinajstić information content (AvgIpc) is 3.88. The smallest absolute Gasteiger partial charge is 0.0736 e. The van der Waals surface area contributed by atoms with E-state index in [1.54, 1.807) is 0 Å². The zero-order chi connectivity index (χ0) is 47.7. The van der Waals surface area contributed by atoms with Gasteiger partial charge in [-0.15, -0.1) is 0 Å². The summed E-state index contributed by atoms with van der Waals surface area (Å²) >= 11 is 0. The topological polar surface area (TPSA) is 17.8 Å². The third kappa shape index (κ3) is 6.06. The maximum absolute atomic E-state index is 5.58. The van der Waals surface area contributed by atoms with Crippen LogP contribution in [0.1, 0.15) is 25.0 Å². The van der Waals surface area contributed by atoms with Gasteiger partial charge in [0.05, 0.1) is 28.1 Å². The van der Waals surface area contributed by atoms with Crippen molar-refractivity contribution in [2.24, 2.45) is 0 Å². The van der Waals surface area contributed by atoms with Crippen molar-refractivity contribution in [1.29, 1.82) is 0 Å². The molecule has 0 spiro atoms. The van der Waals surface area contributed by atoms with E-state index in [1.807, 2.05) is 0 Å². The van der Waals surface area contributed by atoms with Crippen LogP contribution in [0.15, 0.2) is 243 Å². The van der Waals surface area contributed by atoms with E-state index in [2.05, 4.69) is 261 Å². The molecule has 0 radical (unpaired) electrons. The van der Waals surface area contributed by atoms with Gasteiger partial charge in [-0.3, -0.25) is 0 Å². The van der Waals surface area contributed by atoms with Gasteiger partial charge in [0.2, 0.25) is 0 Å². The van der Waals surface area contributed by atoms with Gasteiger partial charge in [-0.2, -0.15) is 0 Å². The lowest BCUT2D eigenvalue weighted by Gasteiger charge is -2.22. The summed E-state index contributed by atoms with van der Waals surface area (Å²) < 4.78 is 2.50. The molecular formula is C70H46N2. The van der Waals surface area contributed by atoms with Gasteiger partial charge in [0, 0.05) is 27.3 Å². The van der Waals surface area contributed by atoms with Crippen molar-refractivity contribution in [3.05, 3.63) is 254 Å². The van der Waals surface area contributed by atoms with Gasteiger partial charge in [-0.05, 0) is 147 Å². The molecule has 0 bridgehead atoms. The third-order valence-electron chi connectivity index (χ3n) is 15.9. The summed E-state index contributed by atoms with van der Waals surface area (Å²) in [4.78, 5) is 5.58. The Morgan fingerprint density at radius 2 is 0.778 bits per heavy atom. The van der Waals surface area contributed by atoms with Gasteiger partial charge < -0.3 is 4.57 Å². The first-order valence-electron chi connectivity index (χ1n) is 25.1. The quantitative estimate of drug-likeness (QED) is 0.157. The van der Waals surface area contributed by atoms with Crippen LogP contribution in [0.3, 0.4) is 0 Å². The first kappa shape index (κ1) is 40.7. The lowest BCUT2D eigenvalue weighted by atomic mass is 9.81. The molecule has 336 valence electrons. The van der Waals surface area contributed by atoms with Crippen molar-refractivity contribution in [2.75, 3.05) is 0 Å². The Morgan fingerprint density at radius 1 is 0.292 bits per heavy atom. The maximum Gasteiger partial charge on any atom is 0.0736 e. The summed E-state index contributed by atoms with van der Waals surface area (Å²) in [5.41, 5.74) is 17.7. The lowest BCUT2D eigenvalue weighted by Crippen LogP contribution is -2.14. The van der Waals surface area contributed by atoms with Crippen LogP contribution >= 0.6 is 0 Å². The van der Waals surface area contributed by atoms with Crippen LogP contribution in [0.2, 0.25) is 0 Å². The minimum Gasteiger partial charge on any atom is -0.309 e. The third-order valence-corrected chi connectivity index (χ3v) is 15.9. The molecule has 2 heteroatoms. The van der Waals surface area contributed by atoms with E-state index in [0.717, 1.165) is 39.2 Å². The molecule has 0 atom stereocenters. The number of aromatic nitrogens is 2. The van der Waals surface area contributed by atoms with E-state index in [0.29, 0.717) is 0 Å². The second kappa shape index (κ2) is 15.4. The molecule has 14 aromatic rings. The van der Waals surface area contributed by atoms with E-state index in [4.69, 9.17) is 4.98 Å². The van der Waals surface area contributed by atoms with Crippen molar-refractivity contribution in [3.63, 3.8) is 0 Å². The van der Waals surface area contributed by atoms with Gasteiger partial charge in [0.25, 0.3) is 0 Å². The van der Waals surface area contributed by atoms with E-state index < -0.39 is 0 Å². The van der Waals surface area contributed by atoms with Crippen LogP contribution in [-0.2, 0) is 5.41 Å². The number of pyridine rings is 1. The number of hydrogen-bond acceptors (Lipinski definition) is 1. The molecular weight excluding hydrogens is 869 g/mol. The highest BCUT2D eigenvalue weighted by atomic mass is 15.0. The molecule has 1 aliphatic carbocycles. The molecule has 15 rings (SSSR count). The van der Waals surface area contributed by atoms with Gasteiger partial charge in [-0.1, -0.05) is 208 Å². The highest BCUT2D eigenvalue weighted by Crippen LogP contribution is 2.50. The predicted octanol–water partition coefficient (Wildman–Crippen LogP) is 18.9. The van der Waals surface area contributed by atoms with Crippen LogP contribution < -0.4 is 0 Å². The summed E-state index contributed by atoms with van der Waals surface area (Å²) in [6.45, 7) is 4.73. The molecule has 0 unspecified atom stereocenters. The fourth-order valence-electron chi connectivity index (χ4n) is 12.4. The number of fused-ring (bicyclic) bond motifs is 14. The standard InChI is InChI=1S/C70H46N2/c1-70(2)64-29-13-12-26-55(64)56-34-31-48(38-65(56)70)47-30-33-54-59(36-47)52-24-10-11-25-53(52)60-41-63-62-37-46(43-16-4-3-5-17-43)32-35-68(62)72(69(63)42-61(54)60)49-39-66(57-27-14-20-44-18-6-8-22-50(44)57)71-67(40-49)58-28-15-21-45-19-7-9-23-51(45)58/h3-42H,1-2H3. The number of benzene rings is 12. The number of hydrogen-bond donors (Lipinski definition) is 0. The summed E-state index contributed by atoms with van der Waals surface area (Å²) in [6.07, 6.45) is 0. The Bertz CT molecular complexity index is 4480. The van der Waals surface area contributed by atoms with Crippen molar-refractivity contribution in [2.45, 2.75) is 19.3 Å². The summed E-state index contributed by atoms with van der Waals surface area (Å²) in [5, 5.41) is 14.7. The highest BCUT2D eigenvalue weighted by Gasteiger charge is 2.35. The van der Waals surface area contributed by atoms with Crippen molar-refractivity contribution in [1.82, 2.24) is 9.55 Å². The molecule has 0 saturated heterocycles. The Kier molecular flexibility index (Phi) is 8.74. The summed E-state index contributed by atoms with van der Waals surface area (Å²) in [6, 6.07) is 90.0. The second-order valence-corrected chi connectivity index (χ2v) is 20.2. The van der Waals surface area contributed by atoms with Crippen molar-refractivity contribution >= 4 is 75.7 Å². The van der Waals surface area contributed by atoms with Crippen LogP contribution in [0.4, 0.5) is 0 Å². The SMILES string of the molecule is CC1(C)c2ccccc2-c2ccc(-c3ccc4c(c3)c3ccccc3c3cc5c6cc(-c7ccccc7)ccc6n(-c6cc(-c7cccc8ccccc78)nc(-c7cccc8ccccc78)c6)c5cc43)cc21. The molecule has 0 amide bonds. The maximum atomic E-state index is 5.58. The van der Waals surface area contributed by atoms with E-state index in [9.17, 15) is 0 Å². The zero-order valence-corrected chi connectivity index (χ0v) is 40.0. The van der Waals surface area contributed by atoms with Crippen molar-refractivity contribution in [3.8, 4) is 61.6 Å². The molecule has 1 aliphatic rings. The molecule has 2 nitrogen and oxygen atoms in total. The molecule has 0 fully saturated rings. The van der Waals surface area contributed by atoms with Crippen LogP contribution in [0.5, 0.6) is 0 Å². The molecule has 0 aliphatic heterocycles. The Morgan fingerprint density at radius 3 is 1.50 bits per heavy atom. The zero-order valence-electron chi connectivity index (χ0n) is 40.0. The highest BCUT2D eigenvalue weighted by molar-refractivity contribution is 6.29. The van der Waals surface area contributed by atoms with Gasteiger partial charge in [0.1, 0.15) is 0 Å². The fourth-order valence-corrected chi connectivity index (χ4v) is 12.4. The number of rotatable bonds is 5. The molecule has 0 saturated carbocycles. The average molecular weight is 915 g/mol.